The predicted molar refractivity (Wildman–Crippen MR) is 72.1 cm³/mol. The lowest BCUT2D eigenvalue weighted by Crippen LogP contribution is -2.22. The minimum atomic E-state index is -0.501. The zero-order valence-electron chi connectivity index (χ0n) is 11.4. The summed E-state index contributed by atoms with van der Waals surface area (Å²) in [5.74, 6) is 0.0502. The molecule has 1 unspecified atom stereocenters. The highest BCUT2D eigenvalue weighted by Gasteiger charge is 2.10. The number of carbonyl (C=O) groups is 2. The summed E-state index contributed by atoms with van der Waals surface area (Å²) in [5.41, 5.74) is 1.26. The first-order chi connectivity index (χ1) is 8.92. The highest BCUT2D eigenvalue weighted by molar-refractivity contribution is 5.89. The van der Waals surface area contributed by atoms with E-state index in [1.807, 2.05) is 0 Å². The van der Waals surface area contributed by atoms with Crippen molar-refractivity contribution >= 4 is 23.3 Å². The number of hydrogen-bond donors (Lipinski definition) is 2. The standard InChI is InChI=1S/C13H18N2O4/c1-8(16)14-11-5-6-13(18-4)12(7-11)15-9(2)19-10(3)17/h5-7,9,15H,1-4H3,(H,14,16). The van der Waals surface area contributed by atoms with Crippen molar-refractivity contribution in [3.63, 3.8) is 0 Å². The summed E-state index contributed by atoms with van der Waals surface area (Å²) in [5, 5.41) is 5.66. The van der Waals surface area contributed by atoms with Crippen LogP contribution in [-0.4, -0.2) is 25.2 Å². The predicted octanol–water partition coefficient (Wildman–Crippen LogP) is 1.97. The molecule has 104 valence electrons. The summed E-state index contributed by atoms with van der Waals surface area (Å²) in [7, 11) is 1.54. The van der Waals surface area contributed by atoms with Gasteiger partial charge >= 0.3 is 5.97 Å². The fraction of sp³-hybridized carbons (Fsp3) is 0.385. The number of ether oxygens (including phenoxy) is 2. The first-order valence-corrected chi connectivity index (χ1v) is 5.81. The van der Waals surface area contributed by atoms with Crippen LogP contribution in [0.3, 0.4) is 0 Å². The van der Waals surface area contributed by atoms with Crippen molar-refractivity contribution in [1.82, 2.24) is 0 Å². The molecule has 0 aliphatic carbocycles. The molecule has 1 amide bonds. The number of carbonyl (C=O) groups excluding carboxylic acids is 2. The molecule has 2 N–H and O–H groups in total. The molecule has 0 aliphatic rings. The van der Waals surface area contributed by atoms with Crippen molar-refractivity contribution < 1.29 is 19.1 Å². The SMILES string of the molecule is COc1ccc(NC(C)=O)cc1NC(C)OC(C)=O. The van der Waals surface area contributed by atoms with E-state index in [-0.39, 0.29) is 11.9 Å². The van der Waals surface area contributed by atoms with E-state index in [1.54, 1.807) is 25.1 Å². The molecule has 0 spiro atoms. The molecular weight excluding hydrogens is 248 g/mol. The highest BCUT2D eigenvalue weighted by atomic mass is 16.6. The average molecular weight is 266 g/mol. The van der Waals surface area contributed by atoms with Crippen LogP contribution in [0.5, 0.6) is 5.75 Å². The van der Waals surface area contributed by atoms with E-state index >= 15 is 0 Å². The summed E-state index contributed by atoms with van der Waals surface area (Å²) < 4.78 is 10.2. The summed E-state index contributed by atoms with van der Waals surface area (Å²) >= 11 is 0. The molecule has 6 nitrogen and oxygen atoms in total. The van der Waals surface area contributed by atoms with Gasteiger partial charge in [0.25, 0.3) is 0 Å². The second-order valence-electron chi connectivity index (χ2n) is 3.99. The van der Waals surface area contributed by atoms with E-state index in [4.69, 9.17) is 9.47 Å². The van der Waals surface area contributed by atoms with Gasteiger partial charge in [0.2, 0.25) is 5.91 Å². The van der Waals surface area contributed by atoms with Crippen LogP contribution in [0, 0.1) is 0 Å². The van der Waals surface area contributed by atoms with Crippen LogP contribution in [0.4, 0.5) is 11.4 Å². The van der Waals surface area contributed by atoms with Crippen LogP contribution < -0.4 is 15.4 Å². The van der Waals surface area contributed by atoms with E-state index in [0.29, 0.717) is 17.1 Å². The van der Waals surface area contributed by atoms with Gasteiger partial charge in [0, 0.05) is 19.5 Å². The molecule has 0 aromatic heterocycles. The summed E-state index contributed by atoms with van der Waals surface area (Å²) in [6.07, 6.45) is -0.501. The van der Waals surface area contributed by atoms with Crippen molar-refractivity contribution in [3.8, 4) is 5.75 Å². The lowest BCUT2D eigenvalue weighted by molar-refractivity contribution is -0.144. The Labute approximate surface area is 112 Å². The maximum absolute atomic E-state index is 11.0. The van der Waals surface area contributed by atoms with Gasteiger partial charge in [-0.25, -0.2) is 0 Å². The van der Waals surface area contributed by atoms with Crippen molar-refractivity contribution in [2.45, 2.75) is 27.0 Å². The van der Waals surface area contributed by atoms with Gasteiger partial charge < -0.3 is 20.1 Å². The first-order valence-electron chi connectivity index (χ1n) is 5.81. The van der Waals surface area contributed by atoms with Crippen molar-refractivity contribution in [2.24, 2.45) is 0 Å². The molecule has 1 rings (SSSR count). The number of nitrogens with one attached hydrogen (secondary N) is 2. The molecule has 1 aromatic rings. The minimum absolute atomic E-state index is 0.163. The van der Waals surface area contributed by atoms with Gasteiger partial charge in [0.15, 0.2) is 6.23 Å². The zero-order valence-corrected chi connectivity index (χ0v) is 11.4. The second-order valence-corrected chi connectivity index (χ2v) is 3.99. The van der Waals surface area contributed by atoms with Crippen LogP contribution in [0.2, 0.25) is 0 Å². The van der Waals surface area contributed by atoms with E-state index in [9.17, 15) is 9.59 Å². The molecule has 0 aliphatic heterocycles. The second kappa shape index (κ2) is 6.63. The number of hydrogen-bond acceptors (Lipinski definition) is 5. The molecule has 0 saturated heterocycles. The largest absolute Gasteiger partial charge is 0.495 e. The normalized spacial score (nSPS) is 11.4. The van der Waals surface area contributed by atoms with Crippen LogP contribution in [0.15, 0.2) is 18.2 Å². The smallest absolute Gasteiger partial charge is 0.304 e. The third-order valence-electron chi connectivity index (χ3n) is 2.22. The fourth-order valence-electron chi connectivity index (χ4n) is 1.60. The Kier molecular flexibility index (Phi) is 5.17. The molecule has 6 heteroatoms. The Morgan fingerprint density at radius 2 is 1.95 bits per heavy atom. The maximum atomic E-state index is 11.0. The molecular formula is C13H18N2O4. The lowest BCUT2D eigenvalue weighted by atomic mass is 10.2. The van der Waals surface area contributed by atoms with Crippen LogP contribution >= 0.6 is 0 Å². The van der Waals surface area contributed by atoms with Crippen molar-refractivity contribution in [2.75, 3.05) is 17.7 Å². The Hall–Kier alpha value is -2.24. The van der Waals surface area contributed by atoms with Gasteiger partial charge in [-0.2, -0.15) is 0 Å². The maximum Gasteiger partial charge on any atom is 0.304 e. The molecule has 0 fully saturated rings. The topological polar surface area (TPSA) is 76.7 Å². The molecule has 1 aromatic carbocycles. The number of methoxy groups -OCH3 is 1. The number of amides is 1. The van der Waals surface area contributed by atoms with Gasteiger partial charge in [-0.1, -0.05) is 0 Å². The number of anilines is 2. The Balaban J connectivity index is 2.89. The Bertz CT molecular complexity index is 474. The summed E-state index contributed by atoms with van der Waals surface area (Å²) in [6, 6.07) is 5.15. The number of benzene rings is 1. The van der Waals surface area contributed by atoms with Crippen LogP contribution in [0.25, 0.3) is 0 Å². The molecule has 1 atom stereocenters. The lowest BCUT2D eigenvalue weighted by Gasteiger charge is -2.18. The van der Waals surface area contributed by atoms with Crippen molar-refractivity contribution in [3.05, 3.63) is 18.2 Å². The monoisotopic (exact) mass is 266 g/mol. The van der Waals surface area contributed by atoms with Gasteiger partial charge in [-0.3, -0.25) is 9.59 Å². The van der Waals surface area contributed by atoms with E-state index in [1.165, 1.54) is 21.0 Å². The van der Waals surface area contributed by atoms with Gasteiger partial charge in [-0.05, 0) is 25.1 Å². The Morgan fingerprint density at radius 1 is 1.26 bits per heavy atom. The van der Waals surface area contributed by atoms with Gasteiger partial charge in [-0.15, -0.1) is 0 Å². The third kappa shape index (κ3) is 4.87. The van der Waals surface area contributed by atoms with Crippen LogP contribution in [0.1, 0.15) is 20.8 Å². The van der Waals surface area contributed by atoms with E-state index in [2.05, 4.69) is 10.6 Å². The molecule has 19 heavy (non-hydrogen) atoms. The summed E-state index contributed by atoms with van der Waals surface area (Å²) in [6.45, 7) is 4.47. The van der Waals surface area contributed by atoms with Gasteiger partial charge in [0.1, 0.15) is 5.75 Å². The molecule has 0 heterocycles. The average Bonchev–Trinajstić information content (AvgIpc) is 2.27. The van der Waals surface area contributed by atoms with Gasteiger partial charge in [0.05, 0.1) is 12.8 Å². The van der Waals surface area contributed by atoms with Crippen LogP contribution in [-0.2, 0) is 14.3 Å². The molecule has 0 radical (unpaired) electrons. The van der Waals surface area contributed by atoms with E-state index in [0.717, 1.165) is 0 Å². The molecule has 0 bridgehead atoms. The zero-order chi connectivity index (χ0) is 14.4. The fourth-order valence-corrected chi connectivity index (χ4v) is 1.60. The minimum Gasteiger partial charge on any atom is -0.495 e. The number of rotatable bonds is 5. The Morgan fingerprint density at radius 3 is 2.47 bits per heavy atom. The quantitative estimate of drug-likeness (QED) is 0.629. The van der Waals surface area contributed by atoms with E-state index < -0.39 is 6.23 Å². The first kappa shape index (κ1) is 14.8. The summed E-state index contributed by atoms with van der Waals surface area (Å²) in [4.78, 5) is 21.9. The molecule has 0 saturated carbocycles. The third-order valence-corrected chi connectivity index (χ3v) is 2.22. The highest BCUT2D eigenvalue weighted by Crippen LogP contribution is 2.28. The number of esters is 1. The van der Waals surface area contributed by atoms with Crippen molar-refractivity contribution in [1.29, 1.82) is 0 Å².